The van der Waals surface area contributed by atoms with E-state index in [9.17, 15) is 0 Å². The van der Waals surface area contributed by atoms with Crippen molar-refractivity contribution in [3.8, 4) is 0 Å². The molecule has 0 spiro atoms. The molecule has 1 N–H and O–H groups in total. The average molecular weight is 248 g/mol. The molecule has 3 rings (SSSR count). The molecule has 1 aromatic carbocycles. The van der Waals surface area contributed by atoms with Gasteiger partial charge in [0.2, 0.25) is 0 Å². The first-order chi connectivity index (χ1) is 8.34. The van der Waals surface area contributed by atoms with Crippen LogP contribution in [-0.4, -0.2) is 6.54 Å². The van der Waals surface area contributed by atoms with Gasteiger partial charge in [-0.25, -0.2) is 0 Å². The Morgan fingerprint density at radius 2 is 1.76 bits per heavy atom. The highest BCUT2D eigenvalue weighted by Gasteiger charge is 2.25. The highest BCUT2D eigenvalue weighted by Crippen LogP contribution is 2.38. The molecule has 1 aliphatic carbocycles. The lowest BCUT2D eigenvalue weighted by Crippen LogP contribution is -2.30. The Hall–Kier alpha value is -0.790. The van der Waals surface area contributed by atoms with E-state index in [2.05, 4.69) is 17.4 Å². The van der Waals surface area contributed by atoms with E-state index in [1.165, 1.54) is 37.7 Å². The van der Waals surface area contributed by atoms with Crippen LogP contribution in [0.1, 0.15) is 43.7 Å². The summed E-state index contributed by atoms with van der Waals surface area (Å²) in [5.74, 6) is 0. The smallest absolute Gasteiger partial charge is 0.0538 e. The second-order valence-corrected chi connectivity index (χ2v) is 5.46. The molecule has 1 aliphatic heterocycles. The van der Waals surface area contributed by atoms with Crippen LogP contribution in [0.25, 0.3) is 0 Å². The molecular formula is C15H18ClN. The van der Waals surface area contributed by atoms with Crippen LogP contribution in [0.5, 0.6) is 0 Å². The van der Waals surface area contributed by atoms with Crippen LogP contribution in [0.15, 0.2) is 35.4 Å². The molecule has 0 saturated carbocycles. The van der Waals surface area contributed by atoms with E-state index in [0.717, 1.165) is 11.6 Å². The van der Waals surface area contributed by atoms with Crippen molar-refractivity contribution in [2.24, 2.45) is 0 Å². The SMILES string of the molecule is Clc1ccc(C2NCCC3=C2CCCC3)cc1. The van der Waals surface area contributed by atoms with Crippen LogP contribution in [-0.2, 0) is 0 Å². The fraction of sp³-hybridized carbons (Fsp3) is 0.467. The summed E-state index contributed by atoms with van der Waals surface area (Å²) in [5.41, 5.74) is 4.74. The lowest BCUT2D eigenvalue weighted by molar-refractivity contribution is 0.489. The molecule has 0 amide bonds. The van der Waals surface area contributed by atoms with E-state index in [1.54, 1.807) is 11.1 Å². The van der Waals surface area contributed by atoms with E-state index in [0.29, 0.717) is 6.04 Å². The second kappa shape index (κ2) is 4.83. The Balaban J connectivity index is 1.94. The molecular weight excluding hydrogens is 230 g/mol. The molecule has 1 nitrogen and oxygen atoms in total. The van der Waals surface area contributed by atoms with Crippen molar-refractivity contribution >= 4 is 11.6 Å². The topological polar surface area (TPSA) is 12.0 Å². The first-order valence-electron chi connectivity index (χ1n) is 6.54. The van der Waals surface area contributed by atoms with Gasteiger partial charge in [-0.1, -0.05) is 29.3 Å². The van der Waals surface area contributed by atoms with E-state index in [-0.39, 0.29) is 0 Å². The third-order valence-electron chi connectivity index (χ3n) is 3.96. The zero-order valence-electron chi connectivity index (χ0n) is 10.0. The molecule has 90 valence electrons. The minimum absolute atomic E-state index is 0.441. The first kappa shape index (κ1) is 11.3. The average Bonchev–Trinajstić information content (AvgIpc) is 2.39. The zero-order chi connectivity index (χ0) is 11.7. The Labute approximate surface area is 108 Å². The summed E-state index contributed by atoms with van der Waals surface area (Å²) in [6.07, 6.45) is 6.58. The van der Waals surface area contributed by atoms with Gasteiger partial charge in [0, 0.05) is 5.02 Å². The molecule has 1 heterocycles. The van der Waals surface area contributed by atoms with Gasteiger partial charge in [0.15, 0.2) is 0 Å². The Kier molecular flexibility index (Phi) is 3.21. The molecule has 2 heteroatoms. The number of hydrogen-bond acceptors (Lipinski definition) is 1. The highest BCUT2D eigenvalue weighted by molar-refractivity contribution is 6.30. The molecule has 1 aromatic rings. The summed E-state index contributed by atoms with van der Waals surface area (Å²) in [4.78, 5) is 0. The Bertz CT molecular complexity index is 429. The predicted molar refractivity (Wildman–Crippen MR) is 72.3 cm³/mol. The molecule has 17 heavy (non-hydrogen) atoms. The van der Waals surface area contributed by atoms with Crippen LogP contribution in [0, 0.1) is 0 Å². The summed E-state index contributed by atoms with van der Waals surface area (Å²) >= 11 is 5.96. The molecule has 0 fully saturated rings. The normalized spacial score (nSPS) is 24.6. The number of halogens is 1. The molecule has 0 aromatic heterocycles. The monoisotopic (exact) mass is 247 g/mol. The van der Waals surface area contributed by atoms with Gasteiger partial charge in [0.25, 0.3) is 0 Å². The maximum atomic E-state index is 5.96. The number of benzene rings is 1. The Morgan fingerprint density at radius 1 is 1.00 bits per heavy atom. The first-order valence-corrected chi connectivity index (χ1v) is 6.92. The van der Waals surface area contributed by atoms with Crippen molar-refractivity contribution in [2.45, 2.75) is 38.1 Å². The summed E-state index contributed by atoms with van der Waals surface area (Å²) in [6, 6.07) is 8.75. The summed E-state index contributed by atoms with van der Waals surface area (Å²) < 4.78 is 0. The van der Waals surface area contributed by atoms with Crippen LogP contribution in [0.4, 0.5) is 0 Å². The van der Waals surface area contributed by atoms with Crippen molar-refractivity contribution in [1.29, 1.82) is 0 Å². The van der Waals surface area contributed by atoms with Crippen molar-refractivity contribution in [3.63, 3.8) is 0 Å². The zero-order valence-corrected chi connectivity index (χ0v) is 10.8. The van der Waals surface area contributed by atoms with Gasteiger partial charge in [0.1, 0.15) is 0 Å². The van der Waals surface area contributed by atoms with Gasteiger partial charge in [0.05, 0.1) is 6.04 Å². The number of hydrogen-bond donors (Lipinski definition) is 1. The molecule has 2 aliphatic rings. The van der Waals surface area contributed by atoms with Gasteiger partial charge in [-0.2, -0.15) is 0 Å². The fourth-order valence-electron chi connectivity index (χ4n) is 3.09. The molecule has 0 bridgehead atoms. The van der Waals surface area contributed by atoms with Crippen molar-refractivity contribution in [2.75, 3.05) is 6.54 Å². The van der Waals surface area contributed by atoms with Gasteiger partial charge >= 0.3 is 0 Å². The van der Waals surface area contributed by atoms with E-state index in [1.807, 2.05) is 12.1 Å². The van der Waals surface area contributed by atoms with Crippen molar-refractivity contribution < 1.29 is 0 Å². The molecule has 0 saturated heterocycles. The highest BCUT2D eigenvalue weighted by atomic mass is 35.5. The van der Waals surface area contributed by atoms with Crippen LogP contribution in [0.2, 0.25) is 5.02 Å². The van der Waals surface area contributed by atoms with E-state index < -0.39 is 0 Å². The van der Waals surface area contributed by atoms with Crippen molar-refractivity contribution in [3.05, 3.63) is 46.0 Å². The minimum Gasteiger partial charge on any atom is -0.306 e. The van der Waals surface area contributed by atoms with E-state index in [4.69, 9.17) is 11.6 Å². The molecule has 1 unspecified atom stereocenters. The number of nitrogens with one attached hydrogen (secondary N) is 1. The third-order valence-corrected chi connectivity index (χ3v) is 4.21. The predicted octanol–water partition coefficient (Wildman–Crippen LogP) is 4.25. The van der Waals surface area contributed by atoms with Crippen LogP contribution < -0.4 is 5.32 Å². The maximum Gasteiger partial charge on any atom is 0.0538 e. The lowest BCUT2D eigenvalue weighted by Gasteiger charge is -2.33. The Morgan fingerprint density at radius 3 is 2.59 bits per heavy atom. The van der Waals surface area contributed by atoms with E-state index >= 15 is 0 Å². The largest absolute Gasteiger partial charge is 0.306 e. The summed E-state index contributed by atoms with van der Waals surface area (Å²) in [5, 5.41) is 4.47. The van der Waals surface area contributed by atoms with Crippen LogP contribution >= 0.6 is 11.6 Å². The molecule has 1 atom stereocenters. The standard InChI is InChI=1S/C15H18ClN/c16-13-7-5-12(6-8-13)15-14-4-2-1-3-11(14)9-10-17-15/h5-8,15,17H,1-4,9-10H2. The van der Waals surface area contributed by atoms with Crippen molar-refractivity contribution in [1.82, 2.24) is 5.32 Å². The van der Waals surface area contributed by atoms with Crippen LogP contribution in [0.3, 0.4) is 0 Å². The fourth-order valence-corrected chi connectivity index (χ4v) is 3.22. The third kappa shape index (κ3) is 2.27. The lowest BCUT2D eigenvalue weighted by atomic mass is 9.81. The summed E-state index contributed by atoms with van der Waals surface area (Å²) in [7, 11) is 0. The quantitative estimate of drug-likeness (QED) is 0.732. The van der Waals surface area contributed by atoms with Gasteiger partial charge in [-0.3, -0.25) is 0 Å². The number of rotatable bonds is 1. The van der Waals surface area contributed by atoms with Gasteiger partial charge in [-0.15, -0.1) is 0 Å². The minimum atomic E-state index is 0.441. The maximum absolute atomic E-state index is 5.96. The molecule has 0 radical (unpaired) electrons. The second-order valence-electron chi connectivity index (χ2n) is 5.02. The summed E-state index contributed by atoms with van der Waals surface area (Å²) in [6.45, 7) is 1.12. The van der Waals surface area contributed by atoms with Gasteiger partial charge in [-0.05, 0) is 61.9 Å². The van der Waals surface area contributed by atoms with Gasteiger partial charge < -0.3 is 5.32 Å².